The van der Waals surface area contributed by atoms with Gasteiger partial charge in [0.25, 0.3) is 0 Å². The van der Waals surface area contributed by atoms with Crippen molar-refractivity contribution in [1.82, 2.24) is 0 Å². The Bertz CT molecular complexity index is 2040. The van der Waals surface area contributed by atoms with E-state index in [1.165, 1.54) is 13.8 Å². The number of ether oxygens (including phenoxy) is 9. The van der Waals surface area contributed by atoms with Gasteiger partial charge in [0.15, 0.2) is 25.2 Å². The summed E-state index contributed by atoms with van der Waals surface area (Å²) in [5.41, 5.74) is -2.92. The molecule has 3 aliphatic carbocycles. The van der Waals surface area contributed by atoms with Gasteiger partial charge in [-0.25, -0.2) is 0 Å². The Morgan fingerprint density at radius 1 is 0.663 bits per heavy atom. The van der Waals surface area contributed by atoms with Crippen LogP contribution >= 0.6 is 0 Å². The van der Waals surface area contributed by atoms with Gasteiger partial charge in [-0.2, -0.15) is 0 Å². The maximum Gasteiger partial charge on any atom is 0.187 e. The van der Waals surface area contributed by atoms with Gasteiger partial charge >= 0.3 is 0 Å². The third-order valence-corrected chi connectivity index (χ3v) is 20.4. The second-order valence-corrected chi connectivity index (χ2v) is 27.3. The molecule has 4 fully saturated rings. The zero-order valence-corrected chi connectivity index (χ0v) is 53.1. The minimum Gasteiger partial charge on any atom is -0.396 e. The third-order valence-electron chi connectivity index (χ3n) is 20.4. The van der Waals surface area contributed by atoms with Crippen LogP contribution in [-0.4, -0.2) is 304 Å². The lowest BCUT2D eigenvalue weighted by molar-refractivity contribution is -0.364. The van der Waals surface area contributed by atoms with Gasteiger partial charge < -0.3 is 140 Å². The topological polar surface area (TPSA) is 467 Å². The van der Waals surface area contributed by atoms with Crippen molar-refractivity contribution in [2.75, 3.05) is 66.1 Å². The molecule has 28 heteroatoms. The van der Waals surface area contributed by atoms with E-state index in [0.29, 0.717) is 25.7 Å². The Hall–Kier alpha value is -1.38. The quantitative estimate of drug-likeness (QED) is 0.0223. The highest BCUT2D eigenvalue weighted by Crippen LogP contribution is 2.66. The maximum absolute atomic E-state index is 11.8. The average Bonchev–Trinajstić information content (AvgIpc) is 1.62. The molecule has 0 bridgehead atoms. The zero-order valence-electron chi connectivity index (χ0n) is 53.1. The van der Waals surface area contributed by atoms with Crippen molar-refractivity contribution in [1.29, 1.82) is 0 Å². The van der Waals surface area contributed by atoms with Crippen molar-refractivity contribution in [3.63, 3.8) is 0 Å². The number of hydrogen-bond acceptors (Lipinski definition) is 28. The number of aliphatic hydroxyl groups is 19. The molecule has 0 aromatic rings. The van der Waals surface area contributed by atoms with Crippen LogP contribution in [0, 0.1) is 45.8 Å². The fourth-order valence-electron chi connectivity index (χ4n) is 14.5. The molecule has 2 aliphatic heterocycles. The Labute approximate surface area is 522 Å². The van der Waals surface area contributed by atoms with Crippen LogP contribution in [0.2, 0.25) is 0 Å². The fraction of sp³-hybridized carbons (Fsp3) is 0.967. The van der Waals surface area contributed by atoms with Crippen molar-refractivity contribution >= 4 is 0 Å². The summed E-state index contributed by atoms with van der Waals surface area (Å²) in [5.74, 6) is -0.460. The first-order chi connectivity index (χ1) is 41.9. The summed E-state index contributed by atoms with van der Waals surface area (Å²) in [4.78, 5) is 0. The molecule has 28 nitrogen and oxygen atoms in total. The fourth-order valence-corrected chi connectivity index (χ4v) is 14.5. The van der Waals surface area contributed by atoms with E-state index < -0.39 is 210 Å². The molecule has 524 valence electrons. The first-order valence-electron chi connectivity index (χ1n) is 31.8. The van der Waals surface area contributed by atoms with Crippen LogP contribution in [-0.2, 0) is 42.6 Å². The molecule has 19 N–H and O–H groups in total. The molecule has 28 atom stereocenters. The largest absolute Gasteiger partial charge is 0.396 e. The molecule has 0 aromatic heterocycles. The summed E-state index contributed by atoms with van der Waals surface area (Å²) in [6, 6.07) is 0. The smallest absolute Gasteiger partial charge is 0.187 e. The minimum absolute atomic E-state index is 0.0382. The normalized spacial score (nSPS) is 40.3. The van der Waals surface area contributed by atoms with Crippen LogP contribution in [0.5, 0.6) is 0 Å². The summed E-state index contributed by atoms with van der Waals surface area (Å²) < 4.78 is 53.5. The summed E-state index contributed by atoms with van der Waals surface area (Å²) >= 11 is 0. The highest BCUT2D eigenvalue weighted by Gasteiger charge is 2.59. The second-order valence-electron chi connectivity index (χ2n) is 27.3. The van der Waals surface area contributed by atoms with Gasteiger partial charge in [0.1, 0.15) is 85.5 Å². The third kappa shape index (κ3) is 19.2. The molecule has 0 spiro atoms. The van der Waals surface area contributed by atoms with Gasteiger partial charge in [0.05, 0.1) is 89.5 Å². The Balaban J connectivity index is 1.34. The van der Waals surface area contributed by atoms with Crippen LogP contribution in [0.3, 0.4) is 0 Å². The average molecular weight is 1290 g/mol. The molecule has 0 aromatic carbocycles. The van der Waals surface area contributed by atoms with Crippen molar-refractivity contribution in [2.24, 2.45) is 45.8 Å². The van der Waals surface area contributed by atoms with Gasteiger partial charge in [-0.05, 0) is 99.7 Å². The Morgan fingerprint density at radius 3 is 1.90 bits per heavy atom. The van der Waals surface area contributed by atoms with Crippen molar-refractivity contribution in [3.8, 4) is 0 Å². The van der Waals surface area contributed by atoms with Crippen LogP contribution < -0.4 is 0 Å². The van der Waals surface area contributed by atoms with Crippen LogP contribution in [0.1, 0.15) is 120 Å². The highest BCUT2D eigenvalue weighted by molar-refractivity contribution is 5.11. The summed E-state index contributed by atoms with van der Waals surface area (Å²) in [6.45, 7) is 9.74. The van der Waals surface area contributed by atoms with Gasteiger partial charge in [0.2, 0.25) is 0 Å². The maximum atomic E-state index is 11.8. The second kappa shape index (κ2) is 35.0. The highest BCUT2D eigenvalue weighted by atomic mass is 16.8. The Morgan fingerprint density at radius 2 is 1.30 bits per heavy atom. The molecule has 0 radical (unpaired) electrons. The van der Waals surface area contributed by atoms with E-state index >= 15 is 0 Å². The van der Waals surface area contributed by atoms with E-state index in [4.69, 9.17) is 42.6 Å². The number of hydrogen-bond donors (Lipinski definition) is 19. The van der Waals surface area contributed by atoms with Crippen molar-refractivity contribution < 1.29 is 140 Å². The molecule has 2 saturated carbocycles. The van der Waals surface area contributed by atoms with Crippen molar-refractivity contribution in [3.05, 3.63) is 12.2 Å². The van der Waals surface area contributed by atoms with E-state index in [1.807, 2.05) is 13.8 Å². The monoisotopic (exact) mass is 1290 g/mol. The predicted octanol–water partition coefficient (Wildman–Crippen LogP) is -3.61. The summed E-state index contributed by atoms with van der Waals surface area (Å²) in [5, 5.41) is 200. The molecule has 20 unspecified atom stereocenters. The molecular formula is C61H112O28. The zero-order chi connectivity index (χ0) is 66.5. The van der Waals surface area contributed by atoms with E-state index in [0.717, 1.165) is 25.7 Å². The Kier molecular flexibility index (Phi) is 30.8. The van der Waals surface area contributed by atoms with Crippen molar-refractivity contribution in [2.45, 2.75) is 260 Å². The van der Waals surface area contributed by atoms with Gasteiger partial charge in [-0.15, -0.1) is 0 Å². The minimum atomic E-state index is -1.93. The van der Waals surface area contributed by atoms with E-state index in [9.17, 15) is 97.0 Å². The molecule has 5 rings (SSSR count). The first-order valence-corrected chi connectivity index (χ1v) is 31.8. The van der Waals surface area contributed by atoms with Gasteiger partial charge in [-0.1, -0.05) is 66.5 Å². The SMILES string of the molecule is CC(CCC(OC1O[C@H](CO[C@@H]2OC(CO)C(O)C(O)C2O)C(O)[C@H](O)C1OC(CO)OC(CO)C(O)CO)C(C)(C)O)C1CCC(C)([C@@H]2C/C=C/C(C)(C)[C@@H](O[C@@H]3C[C@H](CO[C@H](OC(CO)CO)C(O)CO)C(O)C(O)C3O)CCCC2C)C1(C)CCO. The molecule has 89 heavy (non-hydrogen) atoms. The summed E-state index contributed by atoms with van der Waals surface area (Å²) in [6.07, 6.45) is -23.0. The molecular weight excluding hydrogens is 1180 g/mol. The summed E-state index contributed by atoms with van der Waals surface area (Å²) in [7, 11) is 0. The lowest BCUT2D eigenvalue weighted by Crippen LogP contribution is -2.63. The van der Waals surface area contributed by atoms with E-state index in [2.05, 4.69) is 39.8 Å². The van der Waals surface area contributed by atoms with E-state index in [1.54, 1.807) is 0 Å². The number of allylic oxidation sites excluding steroid dienone is 1. The number of rotatable bonds is 33. The molecule has 5 aliphatic rings. The molecule has 2 heterocycles. The van der Waals surface area contributed by atoms with Gasteiger partial charge in [0, 0.05) is 17.9 Å². The number of aliphatic hydroxyl groups excluding tert-OH is 18. The van der Waals surface area contributed by atoms with Crippen LogP contribution in [0.15, 0.2) is 12.2 Å². The molecule has 2 saturated heterocycles. The van der Waals surface area contributed by atoms with Gasteiger partial charge in [-0.3, -0.25) is 0 Å². The predicted molar refractivity (Wildman–Crippen MR) is 312 cm³/mol. The standard InChI is InChI=1S/C61H112O28/c1-31-11-9-13-43(84-39-21-33(46(72)50(76)47(39)73)29-81-55(38(71)25-66)83-34(22-63)23-64)58(3,4)17-10-12-35(31)60(7)18-16-36(61(60,8)19-20-62)32(2)14-15-44(59(5,6)80)88-57-54(89-45(28-69)85-40(26-67)37(70)24-65)52(78)49(75)42(87-57)30-82-56-53(79)51(77)48(74)41(27-68)86-56/h10,17,31-57,62-80H,9,11-16,18-30H2,1-8H3/b17-10+/t31?,32?,33-,35-,36?,37?,38?,39-,40?,41?,42-,43+,44?,45?,46?,47?,48?,49?,50?,51?,52+,53?,54?,55-,56-,57?,60?,61?/m1/s1. The lowest BCUT2D eigenvalue weighted by Gasteiger charge is -2.52. The molecule has 0 amide bonds. The van der Waals surface area contributed by atoms with Crippen LogP contribution in [0.25, 0.3) is 0 Å². The van der Waals surface area contributed by atoms with E-state index in [-0.39, 0.29) is 55.1 Å². The van der Waals surface area contributed by atoms with Crippen LogP contribution in [0.4, 0.5) is 0 Å². The first kappa shape index (κ1) is 78.3. The lowest BCUT2D eigenvalue weighted by atomic mass is 9.52.